The molecule has 1 aliphatic rings. The zero-order valence-corrected chi connectivity index (χ0v) is 20.4. The van der Waals surface area contributed by atoms with Crippen molar-refractivity contribution in [3.63, 3.8) is 0 Å². The first-order valence-corrected chi connectivity index (χ1v) is 11.8. The van der Waals surface area contributed by atoms with Crippen LogP contribution in [-0.4, -0.2) is 13.0 Å². The van der Waals surface area contributed by atoms with Gasteiger partial charge in [-0.15, -0.1) is 0 Å². The number of anilines is 2. The van der Waals surface area contributed by atoms with Crippen molar-refractivity contribution in [3.05, 3.63) is 119 Å². The number of amides is 1. The van der Waals surface area contributed by atoms with Gasteiger partial charge in [-0.3, -0.25) is 9.69 Å². The summed E-state index contributed by atoms with van der Waals surface area (Å²) in [7, 11) is 1.61. The zero-order chi connectivity index (χ0) is 25.2. The number of aryl methyl sites for hydroxylation is 1. The first-order valence-electron chi connectivity index (χ1n) is 11.8. The summed E-state index contributed by atoms with van der Waals surface area (Å²) in [6.07, 6.45) is -0.630. The van der Waals surface area contributed by atoms with Crippen LogP contribution in [0.1, 0.15) is 38.8 Å². The van der Waals surface area contributed by atoms with E-state index in [9.17, 15) is 9.18 Å². The molecule has 6 heteroatoms. The van der Waals surface area contributed by atoms with Crippen molar-refractivity contribution in [2.45, 2.75) is 26.6 Å². The van der Waals surface area contributed by atoms with E-state index in [0.717, 1.165) is 28.0 Å². The topological polar surface area (TPSA) is 50.8 Å². The van der Waals surface area contributed by atoms with Gasteiger partial charge in [0.1, 0.15) is 30.1 Å². The Morgan fingerprint density at radius 1 is 0.917 bits per heavy atom. The summed E-state index contributed by atoms with van der Waals surface area (Å²) in [6, 6.07) is 25.2. The number of hydrogen-bond acceptors (Lipinski definition) is 4. The first-order chi connectivity index (χ1) is 17.5. The number of carbonyl (C=O) groups excluding carboxylic acids is 1. The number of benzene rings is 4. The third-order valence-corrected chi connectivity index (χ3v) is 6.60. The molecule has 0 bridgehead atoms. The maximum Gasteiger partial charge on any atom is 0.262 e. The number of carbonyl (C=O) groups is 1. The Kier molecular flexibility index (Phi) is 6.34. The molecule has 4 aromatic carbocycles. The molecular weight excluding hydrogens is 455 g/mol. The van der Waals surface area contributed by atoms with Gasteiger partial charge in [0.25, 0.3) is 5.91 Å². The van der Waals surface area contributed by atoms with Gasteiger partial charge in [0.15, 0.2) is 0 Å². The molecule has 0 radical (unpaired) electrons. The molecule has 0 aromatic heterocycles. The second kappa shape index (κ2) is 9.74. The van der Waals surface area contributed by atoms with E-state index in [1.165, 1.54) is 11.0 Å². The van der Waals surface area contributed by atoms with Gasteiger partial charge < -0.3 is 14.8 Å². The van der Waals surface area contributed by atoms with Gasteiger partial charge >= 0.3 is 0 Å². The van der Waals surface area contributed by atoms with Crippen LogP contribution in [-0.2, 0) is 6.61 Å². The van der Waals surface area contributed by atoms with Crippen LogP contribution < -0.4 is 19.7 Å². The molecule has 0 spiro atoms. The van der Waals surface area contributed by atoms with Crippen molar-refractivity contribution >= 4 is 17.3 Å². The van der Waals surface area contributed by atoms with Crippen LogP contribution >= 0.6 is 0 Å². The molecule has 1 atom stereocenters. The van der Waals surface area contributed by atoms with E-state index in [1.54, 1.807) is 37.4 Å². The van der Waals surface area contributed by atoms with E-state index < -0.39 is 12.0 Å². The van der Waals surface area contributed by atoms with E-state index in [-0.39, 0.29) is 18.2 Å². The molecule has 36 heavy (non-hydrogen) atoms. The van der Waals surface area contributed by atoms with E-state index >= 15 is 0 Å². The summed E-state index contributed by atoms with van der Waals surface area (Å²) in [6.45, 7) is 4.35. The summed E-state index contributed by atoms with van der Waals surface area (Å²) in [4.78, 5) is 15.1. The van der Waals surface area contributed by atoms with E-state index in [4.69, 9.17) is 9.47 Å². The monoisotopic (exact) mass is 482 g/mol. The van der Waals surface area contributed by atoms with Crippen LogP contribution in [0.15, 0.2) is 84.9 Å². The average molecular weight is 483 g/mol. The minimum absolute atomic E-state index is 0.207. The Bertz CT molecular complexity index is 1440. The smallest absolute Gasteiger partial charge is 0.262 e. The highest BCUT2D eigenvalue weighted by molar-refractivity contribution is 6.12. The molecule has 0 saturated heterocycles. The maximum absolute atomic E-state index is 14.9. The summed E-state index contributed by atoms with van der Waals surface area (Å²) in [5, 5.41) is 3.43. The molecule has 182 valence electrons. The van der Waals surface area contributed by atoms with Crippen molar-refractivity contribution in [2.75, 3.05) is 17.3 Å². The molecule has 1 unspecified atom stereocenters. The lowest BCUT2D eigenvalue weighted by atomic mass is 10.0. The van der Waals surface area contributed by atoms with Crippen molar-refractivity contribution in [1.82, 2.24) is 0 Å². The number of methoxy groups -OCH3 is 1. The van der Waals surface area contributed by atoms with Gasteiger partial charge in [-0.25, -0.2) is 4.39 Å². The van der Waals surface area contributed by atoms with Crippen molar-refractivity contribution in [3.8, 4) is 11.5 Å². The van der Waals surface area contributed by atoms with Crippen molar-refractivity contribution < 1.29 is 18.7 Å². The van der Waals surface area contributed by atoms with Gasteiger partial charge in [0.2, 0.25) is 0 Å². The van der Waals surface area contributed by atoms with Gasteiger partial charge in [-0.05, 0) is 73.0 Å². The number of halogens is 1. The van der Waals surface area contributed by atoms with Gasteiger partial charge in [-0.2, -0.15) is 0 Å². The minimum atomic E-state index is -0.630. The molecule has 4 aromatic rings. The predicted octanol–water partition coefficient (Wildman–Crippen LogP) is 6.80. The molecule has 5 rings (SSSR count). The second-order valence-corrected chi connectivity index (χ2v) is 8.78. The molecule has 1 aliphatic heterocycles. The molecule has 1 amide bonds. The van der Waals surface area contributed by atoms with Gasteiger partial charge in [-0.1, -0.05) is 42.5 Å². The van der Waals surface area contributed by atoms with E-state index in [0.29, 0.717) is 17.0 Å². The number of ether oxygens (including phenoxy) is 2. The van der Waals surface area contributed by atoms with Crippen LogP contribution in [0.25, 0.3) is 0 Å². The Labute approximate surface area is 210 Å². The Morgan fingerprint density at radius 2 is 1.69 bits per heavy atom. The highest BCUT2D eigenvalue weighted by atomic mass is 19.1. The minimum Gasteiger partial charge on any atom is -0.496 e. The molecule has 1 N–H and O–H groups in total. The van der Waals surface area contributed by atoms with Crippen LogP contribution in [0, 0.1) is 19.7 Å². The van der Waals surface area contributed by atoms with E-state index in [2.05, 4.69) is 5.32 Å². The maximum atomic E-state index is 14.9. The normalized spacial score (nSPS) is 14.7. The molecule has 0 saturated carbocycles. The number of hydrogen-bond donors (Lipinski definition) is 1. The van der Waals surface area contributed by atoms with Gasteiger partial charge in [0.05, 0.1) is 18.4 Å². The Hall–Kier alpha value is -4.32. The average Bonchev–Trinajstić information content (AvgIpc) is 2.90. The largest absolute Gasteiger partial charge is 0.496 e. The lowest BCUT2D eigenvalue weighted by Gasteiger charge is -2.38. The van der Waals surface area contributed by atoms with E-state index in [1.807, 2.05) is 62.4 Å². The van der Waals surface area contributed by atoms with Crippen molar-refractivity contribution in [1.29, 1.82) is 0 Å². The number of rotatable bonds is 6. The van der Waals surface area contributed by atoms with Gasteiger partial charge in [0, 0.05) is 11.3 Å². The van der Waals surface area contributed by atoms with Crippen LogP contribution in [0.2, 0.25) is 0 Å². The summed E-state index contributed by atoms with van der Waals surface area (Å²) in [5.74, 6) is 0.729. The fourth-order valence-electron chi connectivity index (χ4n) is 4.50. The Balaban J connectivity index is 1.55. The number of nitrogens with zero attached hydrogens (tertiary/aromatic N) is 1. The highest BCUT2D eigenvalue weighted by Gasteiger charge is 2.35. The lowest BCUT2D eigenvalue weighted by Crippen LogP contribution is -2.43. The third-order valence-electron chi connectivity index (χ3n) is 6.60. The predicted molar refractivity (Wildman–Crippen MR) is 139 cm³/mol. The number of para-hydroxylation sites is 2. The zero-order valence-electron chi connectivity index (χ0n) is 20.4. The summed E-state index contributed by atoms with van der Waals surface area (Å²) in [5.41, 5.74) is 5.22. The quantitative estimate of drug-likeness (QED) is 0.328. The van der Waals surface area contributed by atoms with Crippen molar-refractivity contribution in [2.24, 2.45) is 0 Å². The molecular formula is C30H27FN2O3. The summed E-state index contributed by atoms with van der Waals surface area (Å²) >= 11 is 0. The number of fused-ring (bicyclic) bond motifs is 1. The lowest BCUT2D eigenvalue weighted by molar-refractivity contribution is 0.0974. The first kappa shape index (κ1) is 23.4. The Morgan fingerprint density at radius 3 is 2.50 bits per heavy atom. The fourth-order valence-corrected chi connectivity index (χ4v) is 4.50. The molecule has 1 heterocycles. The molecule has 5 nitrogen and oxygen atoms in total. The van der Waals surface area contributed by atoms with Crippen LogP contribution in [0.3, 0.4) is 0 Å². The second-order valence-electron chi connectivity index (χ2n) is 8.78. The summed E-state index contributed by atoms with van der Waals surface area (Å²) < 4.78 is 26.7. The van der Waals surface area contributed by atoms with Crippen LogP contribution in [0.4, 0.5) is 15.8 Å². The molecule has 0 aliphatic carbocycles. The highest BCUT2D eigenvalue weighted by Crippen LogP contribution is 2.39. The standard InChI is InChI=1S/C30H27FN2O3/c1-19-9-8-14-27(20(19)2)36-18-22-17-21(15-16-28(22)35-3)29-32-25-12-6-4-10-23(25)30(34)33(29)26-13-7-5-11-24(26)31/h4-17,29,32H,18H2,1-3H3. The number of nitrogens with one attached hydrogen (secondary N) is 1. The SMILES string of the molecule is COc1ccc(C2Nc3ccccc3C(=O)N2c2ccccc2F)cc1COc1cccc(C)c1C. The molecule has 0 fully saturated rings. The third kappa shape index (κ3) is 4.26. The van der Waals surface area contributed by atoms with Crippen LogP contribution in [0.5, 0.6) is 11.5 Å². The fraction of sp³-hybridized carbons (Fsp3) is 0.167.